The number of amides is 1. The summed E-state index contributed by atoms with van der Waals surface area (Å²) in [4.78, 5) is 29.0. The Bertz CT molecular complexity index is 1110. The van der Waals surface area contributed by atoms with Crippen LogP contribution in [0.5, 0.6) is 5.75 Å². The van der Waals surface area contributed by atoms with Gasteiger partial charge < -0.3 is 19.9 Å². The van der Waals surface area contributed by atoms with Crippen molar-refractivity contribution in [2.75, 3.05) is 43.1 Å². The Hall–Kier alpha value is -3.81. The summed E-state index contributed by atoms with van der Waals surface area (Å²) in [5.41, 5.74) is 1.78. The van der Waals surface area contributed by atoms with Crippen molar-refractivity contribution in [1.29, 1.82) is 0 Å². The van der Waals surface area contributed by atoms with E-state index in [2.05, 4.69) is 26.3 Å². The zero-order valence-electron chi connectivity index (χ0n) is 18.1. The van der Waals surface area contributed by atoms with Gasteiger partial charge >= 0.3 is 0 Å². The third-order valence-corrected chi connectivity index (χ3v) is 5.51. The number of ether oxygens (including phenoxy) is 1. The standard InChI is InChI=1S/C24H27N5O3/c1-32-21-10-6-5-9-20(21)27-13-15-28(16-14-27)22-11-12-24(31)29(26-22)18-23(30)25-17-19-7-3-2-4-8-19/h2-12H,13-18H2,1H3,(H,25,30). The number of hydrogen-bond acceptors (Lipinski definition) is 6. The second kappa shape index (κ2) is 10.00. The van der Waals surface area contributed by atoms with E-state index in [-0.39, 0.29) is 18.0 Å². The minimum atomic E-state index is -0.295. The van der Waals surface area contributed by atoms with Crippen molar-refractivity contribution in [3.05, 3.63) is 82.6 Å². The molecule has 32 heavy (non-hydrogen) atoms. The predicted molar refractivity (Wildman–Crippen MR) is 124 cm³/mol. The van der Waals surface area contributed by atoms with E-state index in [1.807, 2.05) is 48.5 Å². The van der Waals surface area contributed by atoms with Crippen LogP contribution in [-0.4, -0.2) is 49.0 Å². The highest BCUT2D eigenvalue weighted by Gasteiger charge is 2.21. The molecule has 8 nitrogen and oxygen atoms in total. The summed E-state index contributed by atoms with van der Waals surface area (Å²) in [5, 5.41) is 7.29. The highest BCUT2D eigenvalue weighted by molar-refractivity contribution is 5.75. The number of nitrogens with one attached hydrogen (secondary N) is 1. The van der Waals surface area contributed by atoms with Gasteiger partial charge in [-0.05, 0) is 23.8 Å². The van der Waals surface area contributed by atoms with E-state index in [1.54, 1.807) is 13.2 Å². The van der Waals surface area contributed by atoms with Gasteiger partial charge in [0, 0.05) is 38.8 Å². The third kappa shape index (κ3) is 5.08. The van der Waals surface area contributed by atoms with Crippen LogP contribution >= 0.6 is 0 Å². The first-order valence-electron chi connectivity index (χ1n) is 10.7. The van der Waals surface area contributed by atoms with Gasteiger partial charge in [0.2, 0.25) is 5.91 Å². The molecule has 2 heterocycles. The van der Waals surface area contributed by atoms with Crippen molar-refractivity contribution in [1.82, 2.24) is 15.1 Å². The normalized spacial score (nSPS) is 13.7. The van der Waals surface area contributed by atoms with Gasteiger partial charge in [0.15, 0.2) is 0 Å². The lowest BCUT2D eigenvalue weighted by Gasteiger charge is -2.37. The van der Waals surface area contributed by atoms with Gasteiger partial charge in [0.25, 0.3) is 5.56 Å². The Balaban J connectivity index is 1.37. The molecule has 1 fully saturated rings. The molecule has 0 bridgehead atoms. The van der Waals surface area contributed by atoms with Crippen molar-refractivity contribution in [3.8, 4) is 5.75 Å². The van der Waals surface area contributed by atoms with Crippen molar-refractivity contribution in [2.45, 2.75) is 13.1 Å². The summed E-state index contributed by atoms with van der Waals surface area (Å²) >= 11 is 0. The molecule has 1 amide bonds. The van der Waals surface area contributed by atoms with E-state index in [9.17, 15) is 9.59 Å². The second-order valence-electron chi connectivity index (χ2n) is 7.60. The van der Waals surface area contributed by atoms with Gasteiger partial charge in [-0.15, -0.1) is 0 Å². The minimum Gasteiger partial charge on any atom is -0.495 e. The molecule has 0 spiro atoms. The molecule has 1 saturated heterocycles. The molecule has 0 atom stereocenters. The summed E-state index contributed by atoms with van der Waals surface area (Å²) in [6.07, 6.45) is 0. The van der Waals surface area contributed by atoms with E-state index < -0.39 is 0 Å². The summed E-state index contributed by atoms with van der Waals surface area (Å²) in [6.45, 7) is 3.42. The third-order valence-electron chi connectivity index (χ3n) is 5.51. The van der Waals surface area contributed by atoms with E-state index in [0.717, 1.165) is 43.2 Å². The fourth-order valence-corrected chi connectivity index (χ4v) is 3.78. The van der Waals surface area contributed by atoms with Gasteiger partial charge in [-0.3, -0.25) is 9.59 Å². The molecule has 1 N–H and O–H groups in total. The fraction of sp³-hybridized carbons (Fsp3) is 0.292. The lowest BCUT2D eigenvalue weighted by molar-refractivity contribution is -0.122. The number of benzene rings is 2. The van der Waals surface area contributed by atoms with Crippen LogP contribution in [0.3, 0.4) is 0 Å². The van der Waals surface area contributed by atoms with Crippen molar-refractivity contribution in [3.63, 3.8) is 0 Å². The quantitative estimate of drug-likeness (QED) is 0.613. The van der Waals surface area contributed by atoms with Gasteiger partial charge in [-0.2, -0.15) is 5.10 Å². The molecule has 0 aliphatic carbocycles. The molecule has 166 valence electrons. The molecule has 0 unspecified atom stereocenters. The molecule has 3 aromatic rings. The van der Waals surface area contributed by atoms with Crippen LogP contribution < -0.4 is 25.4 Å². The van der Waals surface area contributed by atoms with Crippen LogP contribution in [0, 0.1) is 0 Å². The number of hydrogen-bond donors (Lipinski definition) is 1. The Morgan fingerprint density at radius 3 is 2.38 bits per heavy atom. The number of piperazine rings is 1. The zero-order valence-corrected chi connectivity index (χ0v) is 18.1. The average molecular weight is 434 g/mol. The molecule has 4 rings (SSSR count). The topological polar surface area (TPSA) is 79.7 Å². The maximum Gasteiger partial charge on any atom is 0.267 e. The highest BCUT2D eigenvalue weighted by atomic mass is 16.5. The van der Waals surface area contributed by atoms with Gasteiger partial charge in [-0.25, -0.2) is 4.68 Å². The zero-order chi connectivity index (χ0) is 22.3. The number of anilines is 2. The summed E-state index contributed by atoms with van der Waals surface area (Å²) in [5.74, 6) is 1.30. The SMILES string of the molecule is COc1ccccc1N1CCN(c2ccc(=O)n(CC(=O)NCc3ccccc3)n2)CC1. The molecule has 2 aromatic carbocycles. The number of methoxy groups -OCH3 is 1. The van der Waals surface area contributed by atoms with Gasteiger partial charge in [0.1, 0.15) is 18.1 Å². The number of nitrogens with zero attached hydrogens (tertiary/aromatic N) is 4. The maximum absolute atomic E-state index is 12.3. The molecule has 0 saturated carbocycles. The second-order valence-corrected chi connectivity index (χ2v) is 7.60. The number of carbonyl (C=O) groups is 1. The van der Waals surface area contributed by atoms with Crippen LogP contribution in [0.25, 0.3) is 0 Å². The van der Waals surface area contributed by atoms with E-state index in [1.165, 1.54) is 10.7 Å². The minimum absolute atomic E-state index is 0.110. The Labute approximate surface area is 187 Å². The summed E-state index contributed by atoms with van der Waals surface area (Å²) < 4.78 is 6.70. The summed E-state index contributed by atoms with van der Waals surface area (Å²) in [7, 11) is 1.68. The molecule has 1 aliphatic rings. The van der Waals surface area contributed by atoms with Crippen molar-refractivity contribution in [2.24, 2.45) is 0 Å². The maximum atomic E-state index is 12.3. The lowest BCUT2D eigenvalue weighted by Crippen LogP contribution is -2.47. The van der Waals surface area contributed by atoms with Crippen LogP contribution in [-0.2, 0) is 17.9 Å². The summed E-state index contributed by atoms with van der Waals surface area (Å²) in [6, 6.07) is 20.8. The number of para-hydroxylation sites is 2. The first kappa shape index (κ1) is 21.4. The molecular formula is C24H27N5O3. The molecular weight excluding hydrogens is 406 g/mol. The number of carbonyl (C=O) groups excluding carboxylic acids is 1. The largest absolute Gasteiger partial charge is 0.495 e. The Morgan fingerprint density at radius 2 is 1.62 bits per heavy atom. The van der Waals surface area contributed by atoms with Crippen molar-refractivity contribution < 1.29 is 9.53 Å². The number of aromatic nitrogens is 2. The van der Waals surface area contributed by atoms with Crippen molar-refractivity contribution >= 4 is 17.4 Å². The van der Waals surface area contributed by atoms with Crippen LogP contribution in [0.1, 0.15) is 5.56 Å². The van der Waals surface area contributed by atoms with Gasteiger partial charge in [-0.1, -0.05) is 42.5 Å². The van der Waals surface area contributed by atoms with Crippen LogP contribution in [0.4, 0.5) is 11.5 Å². The number of rotatable bonds is 7. The van der Waals surface area contributed by atoms with E-state index in [0.29, 0.717) is 12.4 Å². The Morgan fingerprint density at radius 1 is 0.938 bits per heavy atom. The average Bonchev–Trinajstić information content (AvgIpc) is 2.85. The first-order chi connectivity index (χ1) is 15.6. The smallest absolute Gasteiger partial charge is 0.267 e. The lowest BCUT2D eigenvalue weighted by atomic mass is 10.2. The first-order valence-corrected chi connectivity index (χ1v) is 10.7. The van der Waals surface area contributed by atoms with Crippen LogP contribution in [0.15, 0.2) is 71.5 Å². The fourth-order valence-electron chi connectivity index (χ4n) is 3.78. The predicted octanol–water partition coefficient (Wildman–Crippen LogP) is 1.89. The van der Waals surface area contributed by atoms with Crippen LogP contribution in [0.2, 0.25) is 0 Å². The molecule has 0 radical (unpaired) electrons. The van der Waals surface area contributed by atoms with E-state index >= 15 is 0 Å². The van der Waals surface area contributed by atoms with E-state index in [4.69, 9.17) is 4.74 Å². The monoisotopic (exact) mass is 433 g/mol. The molecule has 1 aliphatic heterocycles. The highest BCUT2D eigenvalue weighted by Crippen LogP contribution is 2.28. The molecule has 1 aromatic heterocycles. The Kier molecular flexibility index (Phi) is 6.69. The van der Waals surface area contributed by atoms with Gasteiger partial charge in [0.05, 0.1) is 12.8 Å². The molecule has 8 heteroatoms.